The quantitative estimate of drug-likeness (QED) is 0.872. The largest absolute Gasteiger partial charge is 0.478 e. The van der Waals surface area contributed by atoms with Gasteiger partial charge in [-0.15, -0.1) is 0 Å². The number of hydrogen-bond donors (Lipinski definition) is 2. The fourth-order valence-corrected chi connectivity index (χ4v) is 2.02. The van der Waals surface area contributed by atoms with Gasteiger partial charge in [-0.1, -0.05) is 25.5 Å². The molecule has 0 spiro atoms. The zero-order valence-corrected chi connectivity index (χ0v) is 13.0. The number of alkyl carbamates (subject to hydrolysis) is 1. The molecule has 0 aliphatic heterocycles. The lowest BCUT2D eigenvalue weighted by Crippen LogP contribution is -2.32. The third-order valence-corrected chi connectivity index (χ3v) is 2.83. The van der Waals surface area contributed by atoms with E-state index in [-0.39, 0.29) is 12.1 Å². The molecule has 0 unspecified atom stereocenters. The van der Waals surface area contributed by atoms with Crippen LogP contribution < -0.4 is 5.32 Å². The van der Waals surface area contributed by atoms with Crippen LogP contribution in [0, 0.1) is 0 Å². The monoisotopic (exact) mass is 293 g/mol. The van der Waals surface area contributed by atoms with E-state index >= 15 is 0 Å². The van der Waals surface area contributed by atoms with Crippen molar-refractivity contribution >= 4 is 12.1 Å². The van der Waals surface area contributed by atoms with E-state index in [9.17, 15) is 14.7 Å². The third kappa shape index (κ3) is 5.45. The van der Waals surface area contributed by atoms with Crippen molar-refractivity contribution in [1.29, 1.82) is 0 Å². The summed E-state index contributed by atoms with van der Waals surface area (Å²) < 4.78 is 5.16. The first-order valence-corrected chi connectivity index (χ1v) is 7.05. The number of carbonyl (C=O) groups is 2. The number of carbonyl (C=O) groups excluding carboxylic acids is 1. The summed E-state index contributed by atoms with van der Waals surface area (Å²) in [6, 6.07) is 5.17. The van der Waals surface area contributed by atoms with E-state index in [1.165, 1.54) is 0 Å². The summed E-state index contributed by atoms with van der Waals surface area (Å²) in [6.45, 7) is 7.51. The molecular weight excluding hydrogens is 270 g/mol. The van der Waals surface area contributed by atoms with Gasteiger partial charge in [-0.3, -0.25) is 0 Å². The zero-order chi connectivity index (χ0) is 16.0. The van der Waals surface area contributed by atoms with Gasteiger partial charge in [0.25, 0.3) is 0 Å². The molecule has 0 aromatic heterocycles. The van der Waals surface area contributed by atoms with Gasteiger partial charge in [0, 0.05) is 6.54 Å². The van der Waals surface area contributed by atoms with Gasteiger partial charge in [0.15, 0.2) is 0 Å². The standard InChI is InChI=1S/C16H23NO4/c1-5-7-11-8-6-9-12(14(18)19)13(11)10-17-15(20)21-16(2,3)4/h6,8-9H,5,7,10H2,1-4H3,(H,17,20)(H,18,19). The lowest BCUT2D eigenvalue weighted by molar-refractivity contribution is 0.0520. The third-order valence-electron chi connectivity index (χ3n) is 2.83. The van der Waals surface area contributed by atoms with Crippen molar-refractivity contribution in [2.24, 2.45) is 0 Å². The van der Waals surface area contributed by atoms with Crippen LogP contribution in [-0.2, 0) is 17.7 Å². The van der Waals surface area contributed by atoms with Crippen LogP contribution >= 0.6 is 0 Å². The van der Waals surface area contributed by atoms with E-state index in [4.69, 9.17) is 4.74 Å². The van der Waals surface area contributed by atoms with Crippen molar-refractivity contribution < 1.29 is 19.4 Å². The lowest BCUT2D eigenvalue weighted by atomic mass is 9.98. The van der Waals surface area contributed by atoms with Crippen molar-refractivity contribution in [3.63, 3.8) is 0 Å². The maximum absolute atomic E-state index is 11.7. The Morgan fingerprint density at radius 2 is 1.95 bits per heavy atom. The number of carboxylic acid groups (broad SMARTS) is 1. The van der Waals surface area contributed by atoms with Gasteiger partial charge in [0.1, 0.15) is 5.60 Å². The highest BCUT2D eigenvalue weighted by molar-refractivity contribution is 5.90. The minimum atomic E-state index is -0.992. The van der Waals surface area contributed by atoms with E-state index in [0.717, 1.165) is 18.4 Å². The van der Waals surface area contributed by atoms with Crippen molar-refractivity contribution in [2.45, 2.75) is 52.7 Å². The SMILES string of the molecule is CCCc1cccc(C(=O)O)c1CNC(=O)OC(C)(C)C. The molecule has 0 bridgehead atoms. The molecule has 1 amide bonds. The maximum atomic E-state index is 11.7. The molecule has 21 heavy (non-hydrogen) atoms. The van der Waals surface area contributed by atoms with Gasteiger partial charge in [-0.25, -0.2) is 9.59 Å². The second-order valence-electron chi connectivity index (χ2n) is 5.85. The van der Waals surface area contributed by atoms with Crippen LogP contribution in [0.1, 0.15) is 55.6 Å². The molecule has 2 N–H and O–H groups in total. The summed E-state index contributed by atoms with van der Waals surface area (Å²) in [5, 5.41) is 11.9. The second-order valence-corrected chi connectivity index (χ2v) is 5.85. The lowest BCUT2D eigenvalue weighted by Gasteiger charge is -2.20. The Kier molecular flexibility index (Phi) is 5.76. The normalized spacial score (nSPS) is 11.0. The van der Waals surface area contributed by atoms with Gasteiger partial charge in [-0.2, -0.15) is 0 Å². The number of aryl methyl sites for hydroxylation is 1. The number of benzene rings is 1. The molecule has 0 aliphatic rings. The molecule has 0 heterocycles. The average Bonchev–Trinajstić information content (AvgIpc) is 2.35. The highest BCUT2D eigenvalue weighted by Gasteiger charge is 2.18. The van der Waals surface area contributed by atoms with Gasteiger partial charge in [0.05, 0.1) is 5.56 Å². The Morgan fingerprint density at radius 3 is 2.48 bits per heavy atom. The number of hydrogen-bond acceptors (Lipinski definition) is 3. The van der Waals surface area contributed by atoms with Crippen molar-refractivity contribution in [3.8, 4) is 0 Å². The number of rotatable bonds is 5. The fourth-order valence-electron chi connectivity index (χ4n) is 2.02. The molecule has 0 aliphatic carbocycles. The van der Waals surface area contributed by atoms with Crippen LogP contribution in [0.4, 0.5) is 4.79 Å². The molecular formula is C16H23NO4. The van der Waals surface area contributed by atoms with E-state index in [1.54, 1.807) is 32.9 Å². The average molecular weight is 293 g/mol. The molecule has 116 valence electrons. The highest BCUT2D eigenvalue weighted by Crippen LogP contribution is 2.17. The van der Waals surface area contributed by atoms with Gasteiger partial charge in [-0.05, 0) is 44.4 Å². The minimum absolute atomic E-state index is 0.146. The second kappa shape index (κ2) is 7.11. The number of carboxylic acids is 1. The Bertz CT molecular complexity index is 517. The van der Waals surface area contributed by atoms with Crippen LogP contribution in [0.3, 0.4) is 0 Å². The fraction of sp³-hybridized carbons (Fsp3) is 0.500. The summed E-state index contributed by atoms with van der Waals surface area (Å²) in [5.74, 6) is -0.992. The molecule has 0 saturated heterocycles. The van der Waals surface area contributed by atoms with Crippen LogP contribution in [0.2, 0.25) is 0 Å². The van der Waals surface area contributed by atoms with Crippen molar-refractivity contribution in [1.82, 2.24) is 5.32 Å². The molecule has 1 aromatic carbocycles. The Morgan fingerprint density at radius 1 is 1.29 bits per heavy atom. The van der Waals surface area contributed by atoms with E-state index in [2.05, 4.69) is 5.32 Å². The first kappa shape index (κ1) is 17.0. The number of amides is 1. The van der Waals surface area contributed by atoms with Crippen molar-refractivity contribution in [3.05, 3.63) is 34.9 Å². The number of ether oxygens (including phenoxy) is 1. The van der Waals surface area contributed by atoms with Crippen LogP contribution in [-0.4, -0.2) is 22.8 Å². The Hall–Kier alpha value is -2.04. The molecule has 0 saturated carbocycles. The van der Waals surface area contributed by atoms with Crippen LogP contribution in [0.15, 0.2) is 18.2 Å². The molecule has 5 heteroatoms. The molecule has 1 aromatic rings. The van der Waals surface area contributed by atoms with E-state index in [0.29, 0.717) is 5.56 Å². The summed E-state index contributed by atoms with van der Waals surface area (Å²) in [5.41, 5.74) is 1.21. The first-order chi connectivity index (χ1) is 9.74. The van der Waals surface area contributed by atoms with Crippen LogP contribution in [0.25, 0.3) is 0 Å². The van der Waals surface area contributed by atoms with Gasteiger partial charge < -0.3 is 15.2 Å². The number of nitrogens with one attached hydrogen (secondary N) is 1. The zero-order valence-electron chi connectivity index (χ0n) is 13.0. The smallest absolute Gasteiger partial charge is 0.407 e. The highest BCUT2D eigenvalue weighted by atomic mass is 16.6. The molecule has 1 rings (SSSR count). The summed E-state index contributed by atoms with van der Waals surface area (Å²) >= 11 is 0. The Labute approximate surface area is 125 Å². The Balaban J connectivity index is 2.90. The number of aromatic carboxylic acids is 1. The van der Waals surface area contributed by atoms with Crippen molar-refractivity contribution in [2.75, 3.05) is 0 Å². The topological polar surface area (TPSA) is 75.6 Å². The molecule has 0 atom stereocenters. The molecule has 0 fully saturated rings. The van der Waals surface area contributed by atoms with E-state index in [1.807, 2.05) is 13.0 Å². The first-order valence-electron chi connectivity index (χ1n) is 7.05. The molecule has 5 nitrogen and oxygen atoms in total. The maximum Gasteiger partial charge on any atom is 0.407 e. The minimum Gasteiger partial charge on any atom is -0.478 e. The summed E-state index contributed by atoms with van der Waals surface area (Å²) in [4.78, 5) is 23.0. The predicted octanol–water partition coefficient (Wildman–Crippen LogP) is 3.36. The van der Waals surface area contributed by atoms with Crippen LogP contribution in [0.5, 0.6) is 0 Å². The summed E-state index contributed by atoms with van der Waals surface area (Å²) in [7, 11) is 0. The summed E-state index contributed by atoms with van der Waals surface area (Å²) in [6.07, 6.45) is 1.12. The predicted molar refractivity (Wildman–Crippen MR) is 80.5 cm³/mol. The van der Waals surface area contributed by atoms with Gasteiger partial charge >= 0.3 is 12.1 Å². The van der Waals surface area contributed by atoms with E-state index < -0.39 is 17.7 Å². The molecule has 0 radical (unpaired) electrons. The van der Waals surface area contributed by atoms with Gasteiger partial charge in [0.2, 0.25) is 0 Å².